The van der Waals surface area contributed by atoms with Crippen LogP contribution >= 0.6 is 11.6 Å². The van der Waals surface area contributed by atoms with Crippen LogP contribution in [-0.4, -0.2) is 205 Å². The molecule has 6 rings (SSSR count). The Balaban J connectivity index is 1.12. The van der Waals surface area contributed by atoms with Gasteiger partial charge in [0.2, 0.25) is 11.3 Å². The fourth-order valence-corrected chi connectivity index (χ4v) is 12.1. The molecule has 1 amide bonds. The number of fused-ring (bicyclic) bond motifs is 1. The van der Waals surface area contributed by atoms with Crippen LogP contribution in [0.2, 0.25) is 5.02 Å². The first-order chi connectivity index (χ1) is 38.5. The Hall–Kier alpha value is -4.08. The minimum Gasteiger partial charge on any atom is -0.477 e. The topological polar surface area (TPSA) is 291 Å². The maximum Gasteiger partial charge on any atom is 0.341 e. The van der Waals surface area contributed by atoms with E-state index >= 15 is 0 Å². The Morgan fingerprint density at radius 2 is 1.54 bits per heavy atom. The summed E-state index contributed by atoms with van der Waals surface area (Å²) < 4.78 is 64.5. The zero-order chi connectivity index (χ0) is 60.8. The lowest BCUT2D eigenvalue weighted by molar-refractivity contribution is -0.320. The highest BCUT2D eigenvalue weighted by atomic mass is 35.5. The Labute approximate surface area is 486 Å². The summed E-state index contributed by atoms with van der Waals surface area (Å²) in [5, 5.41) is 51.6. The fourth-order valence-electron chi connectivity index (χ4n) is 11.9. The summed E-state index contributed by atoms with van der Waals surface area (Å²) in [4.78, 5) is 68.6. The summed E-state index contributed by atoms with van der Waals surface area (Å²) in [6.45, 7) is 17.8. The Morgan fingerprint density at radius 1 is 0.890 bits per heavy atom. The van der Waals surface area contributed by atoms with Gasteiger partial charge < -0.3 is 87.9 Å². The number of benzene rings is 1. The second-order valence-electron chi connectivity index (χ2n) is 23.8. The molecule has 4 heterocycles. The van der Waals surface area contributed by atoms with Gasteiger partial charge in [0, 0.05) is 62.8 Å². The number of hydrogen-bond acceptors (Lipinski definition) is 20. The van der Waals surface area contributed by atoms with Crippen LogP contribution in [0.4, 0.5) is 5.69 Å². The predicted octanol–water partition coefficient (Wildman–Crippen LogP) is 4.83. The van der Waals surface area contributed by atoms with E-state index in [0.29, 0.717) is 29.2 Å². The summed E-state index contributed by atoms with van der Waals surface area (Å²) in [5.74, 6) is -6.28. The van der Waals surface area contributed by atoms with E-state index in [2.05, 4.69) is 10.6 Å². The molecule has 5 unspecified atom stereocenters. The molecule has 0 spiro atoms. The van der Waals surface area contributed by atoms with Gasteiger partial charge in [0.25, 0.3) is 0 Å². The first kappa shape index (κ1) is 67.1. The third kappa shape index (κ3) is 15.7. The van der Waals surface area contributed by atoms with E-state index in [-0.39, 0.29) is 81.2 Å². The first-order valence-electron chi connectivity index (χ1n) is 28.7. The van der Waals surface area contributed by atoms with E-state index in [1.54, 1.807) is 53.7 Å². The molecule has 3 saturated heterocycles. The molecular weight excluding hydrogens is 1090 g/mol. The van der Waals surface area contributed by atoms with Gasteiger partial charge in [-0.25, -0.2) is 4.79 Å². The van der Waals surface area contributed by atoms with Crippen molar-refractivity contribution in [3.05, 3.63) is 39.1 Å². The number of nitrogens with zero attached hydrogens (tertiary/aromatic N) is 2. The van der Waals surface area contributed by atoms with Crippen molar-refractivity contribution in [3.8, 4) is 0 Å². The molecule has 3 aliphatic heterocycles. The van der Waals surface area contributed by atoms with Crippen LogP contribution in [0.3, 0.4) is 0 Å². The number of aliphatic hydroxyl groups excluding tert-OH is 2. The van der Waals surface area contributed by atoms with Gasteiger partial charge in [0.05, 0.1) is 97.0 Å². The van der Waals surface area contributed by atoms with Crippen molar-refractivity contribution in [2.75, 3.05) is 66.6 Å². The average Bonchev–Trinajstić information content (AvgIpc) is 3.57. The van der Waals surface area contributed by atoms with Gasteiger partial charge in [-0.15, -0.1) is 0 Å². The number of hydrogen-bond donors (Lipinski definition) is 6. The second kappa shape index (κ2) is 28.4. The molecule has 2 aromatic rings. The first-order valence-corrected chi connectivity index (χ1v) is 29.1. The van der Waals surface area contributed by atoms with Crippen LogP contribution < -0.4 is 16.1 Å². The zero-order valence-electron chi connectivity index (χ0n) is 50.1. The molecule has 24 heteroatoms. The number of aromatic nitrogens is 1. The Kier molecular flexibility index (Phi) is 23.2. The molecule has 1 aliphatic carbocycles. The van der Waals surface area contributed by atoms with Gasteiger partial charge in [-0.2, -0.15) is 0 Å². The zero-order valence-corrected chi connectivity index (χ0v) is 50.9. The quantitative estimate of drug-likeness (QED) is 0.0721. The normalized spacial score (nSPS) is 36.3. The smallest absolute Gasteiger partial charge is 0.341 e. The summed E-state index contributed by atoms with van der Waals surface area (Å²) in [5.41, 5.74) is -4.39. The van der Waals surface area contributed by atoms with Crippen LogP contribution in [0, 0.1) is 17.8 Å². The number of ether oxygens (including phenoxy) is 10. The van der Waals surface area contributed by atoms with Crippen LogP contribution in [0.1, 0.15) is 131 Å². The third-order valence-electron chi connectivity index (χ3n) is 17.0. The number of carboxylic acids is 1. The highest BCUT2D eigenvalue weighted by molar-refractivity contribution is 6.34. The maximum absolute atomic E-state index is 14.6. The van der Waals surface area contributed by atoms with Crippen molar-refractivity contribution in [2.24, 2.45) is 17.8 Å². The van der Waals surface area contributed by atoms with E-state index in [1.165, 1.54) is 34.3 Å². The number of esters is 2. The molecule has 4 fully saturated rings. The van der Waals surface area contributed by atoms with Crippen LogP contribution in [0.5, 0.6) is 0 Å². The number of methoxy groups -OCH3 is 2. The lowest BCUT2D eigenvalue weighted by Crippen LogP contribution is -2.61. The van der Waals surface area contributed by atoms with Crippen LogP contribution in [0.25, 0.3) is 10.9 Å². The number of anilines is 1. The molecule has 464 valence electrons. The standard InChI is InChI=1S/C58H91ClN4O19/c1-15-43-58(10,72)49(67)34(6)52(68)61-30(2)27-56(8,73-13)50(82-55-47(66)42(62(11)12)24-31(3)77-55)32(4)48(33(5)54(71)79-43)81-45-28-57(9,74-14)51(35(7)78-45)80-44(64)18-20-75-22-23-76-21-19-60-40-25-37-41(26-39(40)59)63(36-16-17-36)29-38(46(37)65)53(69)70/h25-26,29-36,42-43,45,47-51,55,60,66-67,72H,15-24,27-28H2,1-14H3,(H,61,68)(H,69,70)/t30-,31?,32+,33-,34-,35?,42+,43-,45?,47-,48+,49-,50?,51-,55?,56-,57-,58-/m1/s1. The summed E-state index contributed by atoms with van der Waals surface area (Å²) >= 11 is 6.59. The molecule has 0 radical (unpaired) electrons. The molecule has 6 N–H and O–H groups in total. The number of amides is 1. The Bertz CT molecular complexity index is 2570. The van der Waals surface area contributed by atoms with Gasteiger partial charge in [-0.3, -0.25) is 19.2 Å². The third-order valence-corrected chi connectivity index (χ3v) is 17.3. The van der Waals surface area contributed by atoms with E-state index in [9.17, 15) is 44.4 Å². The van der Waals surface area contributed by atoms with Crippen molar-refractivity contribution >= 4 is 52.0 Å². The SMILES string of the molecule is CC[C@H]1OC(=O)[C@H](C)[C@@H](OC2C[C@@](C)(OC)[C@H](OC(=O)CCOCCOCCNc3cc4c(=O)c(C(=O)O)cn(C5CC5)c4cc3Cl)C(C)O2)[C@H](C)C(OC2OC(C)C[C@H](N(C)C)[C@H]2O)[C@](C)(OC)C[C@@H](C)NC(=O)[C@H](C)[C@@H](O)[C@]1(C)O. The number of halogens is 1. The molecule has 0 bridgehead atoms. The van der Waals surface area contributed by atoms with Gasteiger partial charge in [0.1, 0.15) is 29.0 Å². The predicted molar refractivity (Wildman–Crippen MR) is 302 cm³/mol. The van der Waals surface area contributed by atoms with Crippen molar-refractivity contribution in [1.29, 1.82) is 0 Å². The molecule has 82 heavy (non-hydrogen) atoms. The van der Waals surface area contributed by atoms with Crippen LogP contribution in [0.15, 0.2) is 23.1 Å². The maximum atomic E-state index is 14.6. The highest BCUT2D eigenvalue weighted by Gasteiger charge is 2.54. The lowest BCUT2D eigenvalue weighted by Gasteiger charge is -2.50. The van der Waals surface area contributed by atoms with Gasteiger partial charge >= 0.3 is 17.9 Å². The van der Waals surface area contributed by atoms with Gasteiger partial charge in [-0.05, 0) is 107 Å². The second-order valence-corrected chi connectivity index (χ2v) is 24.2. The van der Waals surface area contributed by atoms with Gasteiger partial charge in [-0.1, -0.05) is 32.4 Å². The number of aliphatic hydroxyl groups is 3. The molecular formula is C58H91ClN4O19. The molecule has 4 aliphatic rings. The number of aromatic carboxylic acids is 1. The van der Waals surface area contributed by atoms with Crippen molar-refractivity contribution in [1.82, 2.24) is 14.8 Å². The molecule has 1 aromatic carbocycles. The highest BCUT2D eigenvalue weighted by Crippen LogP contribution is 2.42. The van der Waals surface area contributed by atoms with Crippen molar-refractivity contribution < 1.29 is 87.0 Å². The van der Waals surface area contributed by atoms with E-state index < -0.39 is 125 Å². The van der Waals surface area contributed by atoms with Gasteiger partial charge in [0.15, 0.2) is 18.7 Å². The summed E-state index contributed by atoms with van der Waals surface area (Å²) in [6, 6.07) is 2.41. The summed E-state index contributed by atoms with van der Waals surface area (Å²) in [6.07, 6.45) is -6.71. The largest absolute Gasteiger partial charge is 0.477 e. The monoisotopic (exact) mass is 1180 g/mol. The molecule has 18 atom stereocenters. The number of carbonyl (C=O) groups excluding carboxylic acids is 3. The molecule has 1 aromatic heterocycles. The number of carboxylic acid groups (broad SMARTS) is 1. The number of cyclic esters (lactones) is 1. The number of carbonyl (C=O) groups is 4. The average molecular weight is 1180 g/mol. The van der Waals surface area contributed by atoms with Crippen molar-refractivity contribution in [3.63, 3.8) is 0 Å². The molecule has 1 saturated carbocycles. The minimum atomic E-state index is -2.07. The van der Waals surface area contributed by atoms with E-state index in [1.807, 2.05) is 37.4 Å². The van der Waals surface area contributed by atoms with Crippen LogP contribution in [-0.2, 0) is 61.8 Å². The number of likely N-dealkylation sites (N-methyl/N-ethyl adjacent to an activating group) is 1. The lowest BCUT2D eigenvalue weighted by atomic mass is 9.78. The Morgan fingerprint density at radius 3 is 2.15 bits per heavy atom. The van der Waals surface area contributed by atoms with E-state index in [0.717, 1.165) is 12.8 Å². The number of nitrogens with one attached hydrogen (secondary N) is 2. The summed E-state index contributed by atoms with van der Waals surface area (Å²) in [7, 11) is 6.71. The van der Waals surface area contributed by atoms with Crippen molar-refractivity contribution in [2.45, 2.75) is 211 Å². The number of rotatable bonds is 21. The minimum absolute atomic E-state index is 0.0112. The molecule has 23 nitrogen and oxygen atoms in total. The fraction of sp³-hybridized carbons (Fsp3) is 0.776. The van der Waals surface area contributed by atoms with E-state index in [4.69, 9.17) is 59.0 Å². The number of pyridine rings is 1.